The summed E-state index contributed by atoms with van der Waals surface area (Å²) in [4.78, 5) is 68.5. The molecule has 2 rings (SSSR count). The van der Waals surface area contributed by atoms with Gasteiger partial charge in [-0.3, -0.25) is 34.8 Å². The number of aromatic hydroxyl groups is 1. The normalized spacial score (nSPS) is 12.7. The van der Waals surface area contributed by atoms with Gasteiger partial charge in [0.1, 0.15) is 29.9 Å². The second-order valence-electron chi connectivity index (χ2n) is 16.4. The van der Waals surface area contributed by atoms with E-state index in [0.29, 0.717) is 31.4 Å². The highest BCUT2D eigenvalue weighted by molar-refractivity contribution is 5.95. The lowest BCUT2D eigenvalue weighted by atomic mass is 10.0. The zero-order valence-electron chi connectivity index (χ0n) is 38.2. The molecule has 17 nitrogen and oxygen atoms in total. The van der Waals surface area contributed by atoms with Crippen molar-refractivity contribution in [2.75, 3.05) is 20.1 Å². The molecule has 64 heavy (non-hydrogen) atoms. The molecule has 0 heterocycles. The molecule has 0 aliphatic rings. The Morgan fingerprint density at radius 2 is 0.938 bits per heavy atom. The number of unbranched alkanes of at least 4 members (excludes halogenated alkanes) is 12. The van der Waals surface area contributed by atoms with Crippen LogP contribution in [0.25, 0.3) is 0 Å². The van der Waals surface area contributed by atoms with E-state index in [1.807, 2.05) is 18.2 Å². The predicted molar refractivity (Wildman–Crippen MR) is 252 cm³/mol. The van der Waals surface area contributed by atoms with Crippen molar-refractivity contribution in [3.63, 3.8) is 0 Å². The second-order valence-corrected chi connectivity index (χ2v) is 16.4. The molecule has 5 amide bonds. The lowest BCUT2D eigenvalue weighted by Gasteiger charge is -2.27. The number of guanidine groups is 2. The summed E-state index contributed by atoms with van der Waals surface area (Å²) in [6, 6.07) is 11.0. The average Bonchev–Trinajstić information content (AvgIpc) is 3.27. The average molecular weight is 892 g/mol. The first kappa shape index (κ1) is 54.3. The van der Waals surface area contributed by atoms with Crippen molar-refractivity contribution in [2.45, 2.75) is 160 Å². The zero-order chi connectivity index (χ0) is 47.0. The number of phenols is 1. The Balaban J connectivity index is 2.20. The van der Waals surface area contributed by atoms with Crippen LogP contribution in [-0.4, -0.2) is 90.9 Å². The van der Waals surface area contributed by atoms with Crippen LogP contribution in [0.5, 0.6) is 5.75 Å². The number of nitrogens with one attached hydrogen (secondary N) is 9. The van der Waals surface area contributed by atoms with Gasteiger partial charge >= 0.3 is 0 Å². The van der Waals surface area contributed by atoms with Gasteiger partial charge in [-0.2, -0.15) is 0 Å². The summed E-state index contributed by atoms with van der Waals surface area (Å²) in [5.41, 5.74) is 12.2. The van der Waals surface area contributed by atoms with E-state index < -0.39 is 47.8 Å². The number of carbonyl (C=O) groups is 5. The molecule has 356 valence electrons. The van der Waals surface area contributed by atoms with E-state index in [1.165, 1.54) is 77.0 Å². The molecule has 14 N–H and O–H groups in total. The van der Waals surface area contributed by atoms with E-state index in [1.54, 1.807) is 24.3 Å². The highest BCUT2D eigenvalue weighted by atomic mass is 16.3. The first-order chi connectivity index (χ1) is 30.8. The standard InChI is InChI=1S/C47H77N11O6/c1-3-4-5-6-7-8-9-10-11-12-13-14-18-25-41(60)55-39(33-35-26-28-36(59)29-27-35)44(63)58-40(32-34-21-16-15-17-22-34)45(64)57-38(24-20-31-54-47(50)51)43(62)56-37(42(61)52-2)23-19-30-53-46(48)49/h15-17,21-22,26-29,37-40,59H,3-14,18-20,23-25,30-33H2,1-2H3,(H,52,61)(H,55,60)(H,56,62)(H,57,64)(H,58,63)(H4,48,49,53)(H4,50,51,54)/t37-,38-,39-,40-/m0/s1. The SMILES string of the molecule is CCCCCCCCCCCCCCCC(=O)N[C@@H](Cc1ccc(O)cc1)C(=O)N[C@@H](Cc1ccccc1)C(=O)N[C@@H](CCCNC(=N)N)C(=O)N[C@@H](CCCNC(=N)N)C(=O)NC. The van der Waals surface area contributed by atoms with Crippen LogP contribution in [0, 0.1) is 10.8 Å². The highest BCUT2D eigenvalue weighted by Gasteiger charge is 2.31. The van der Waals surface area contributed by atoms with Crippen molar-refractivity contribution >= 4 is 41.5 Å². The Kier molecular flexibility index (Phi) is 27.8. The lowest BCUT2D eigenvalue weighted by Crippen LogP contribution is -2.59. The molecule has 0 spiro atoms. The van der Waals surface area contributed by atoms with Crippen molar-refractivity contribution in [3.05, 3.63) is 65.7 Å². The quantitative estimate of drug-likeness (QED) is 0.0274. The summed E-state index contributed by atoms with van der Waals surface area (Å²) >= 11 is 0. The Bertz CT molecular complexity index is 1700. The fourth-order valence-corrected chi connectivity index (χ4v) is 7.29. The van der Waals surface area contributed by atoms with Gasteiger partial charge in [0, 0.05) is 39.4 Å². The Hall–Kier alpha value is -5.87. The van der Waals surface area contributed by atoms with Gasteiger partial charge in [0.15, 0.2) is 11.9 Å². The largest absolute Gasteiger partial charge is 0.508 e. The van der Waals surface area contributed by atoms with Crippen LogP contribution in [0.3, 0.4) is 0 Å². The van der Waals surface area contributed by atoms with Crippen LogP contribution in [-0.2, 0) is 36.8 Å². The Morgan fingerprint density at radius 3 is 1.41 bits per heavy atom. The molecule has 4 atom stereocenters. The maximum absolute atomic E-state index is 14.3. The minimum Gasteiger partial charge on any atom is -0.508 e. The molecule has 2 aromatic carbocycles. The first-order valence-electron chi connectivity index (χ1n) is 23.2. The fourth-order valence-electron chi connectivity index (χ4n) is 7.29. The molecule has 0 aromatic heterocycles. The molecule has 0 saturated carbocycles. The number of phenolic OH excluding ortho intramolecular Hbond substituents is 1. The molecule has 0 radical (unpaired) electrons. The van der Waals surface area contributed by atoms with E-state index in [0.717, 1.165) is 24.8 Å². The van der Waals surface area contributed by atoms with Crippen molar-refractivity contribution in [1.82, 2.24) is 37.2 Å². The van der Waals surface area contributed by atoms with Crippen LogP contribution in [0.1, 0.15) is 134 Å². The predicted octanol–water partition coefficient (Wildman–Crippen LogP) is 3.87. The molecular weight excluding hydrogens is 815 g/mol. The van der Waals surface area contributed by atoms with Crippen LogP contribution < -0.4 is 48.7 Å². The summed E-state index contributed by atoms with van der Waals surface area (Å²) in [5, 5.41) is 44.0. The number of hydrogen-bond donors (Lipinski definition) is 12. The van der Waals surface area contributed by atoms with Gasteiger partial charge in [0.05, 0.1) is 0 Å². The first-order valence-corrected chi connectivity index (χ1v) is 23.2. The number of benzene rings is 2. The smallest absolute Gasteiger partial charge is 0.243 e. The third-order valence-electron chi connectivity index (χ3n) is 10.9. The molecule has 2 aromatic rings. The van der Waals surface area contributed by atoms with E-state index in [4.69, 9.17) is 22.3 Å². The highest BCUT2D eigenvalue weighted by Crippen LogP contribution is 2.15. The van der Waals surface area contributed by atoms with Gasteiger partial charge in [-0.1, -0.05) is 126 Å². The van der Waals surface area contributed by atoms with Crippen LogP contribution in [0.4, 0.5) is 0 Å². The van der Waals surface area contributed by atoms with Gasteiger partial charge in [-0.05, 0) is 55.4 Å². The van der Waals surface area contributed by atoms with E-state index in [9.17, 15) is 29.1 Å². The van der Waals surface area contributed by atoms with Gasteiger partial charge < -0.3 is 53.8 Å². The number of likely N-dealkylation sites (N-methyl/N-ethyl adjacent to an activating group) is 1. The third-order valence-corrected chi connectivity index (χ3v) is 10.9. The molecule has 0 aliphatic heterocycles. The Morgan fingerprint density at radius 1 is 0.531 bits per heavy atom. The van der Waals surface area contributed by atoms with Gasteiger partial charge in [-0.15, -0.1) is 0 Å². The van der Waals surface area contributed by atoms with Crippen LogP contribution in [0.15, 0.2) is 54.6 Å². The summed E-state index contributed by atoms with van der Waals surface area (Å²) in [6.45, 7) is 2.76. The number of carbonyl (C=O) groups excluding carboxylic acids is 5. The monoisotopic (exact) mass is 892 g/mol. The van der Waals surface area contributed by atoms with Crippen molar-refractivity contribution in [2.24, 2.45) is 11.5 Å². The van der Waals surface area contributed by atoms with Crippen molar-refractivity contribution in [3.8, 4) is 5.75 Å². The summed E-state index contributed by atoms with van der Waals surface area (Å²) in [6.07, 6.45) is 16.7. The molecule has 0 unspecified atom stereocenters. The summed E-state index contributed by atoms with van der Waals surface area (Å²) in [5.74, 6) is -3.08. The Labute approximate surface area is 380 Å². The minimum atomic E-state index is -1.19. The molecule has 0 saturated heterocycles. The molecule has 0 fully saturated rings. The van der Waals surface area contributed by atoms with Crippen molar-refractivity contribution < 1.29 is 29.1 Å². The zero-order valence-corrected chi connectivity index (χ0v) is 38.2. The maximum atomic E-state index is 14.3. The number of nitrogens with two attached hydrogens (primary N) is 2. The van der Waals surface area contributed by atoms with E-state index in [-0.39, 0.29) is 62.2 Å². The second kappa shape index (κ2) is 32.8. The summed E-state index contributed by atoms with van der Waals surface area (Å²) in [7, 11) is 1.44. The number of hydrogen-bond acceptors (Lipinski definition) is 8. The third kappa shape index (κ3) is 24.7. The van der Waals surface area contributed by atoms with Gasteiger partial charge in [0.25, 0.3) is 0 Å². The maximum Gasteiger partial charge on any atom is 0.243 e. The van der Waals surface area contributed by atoms with Crippen LogP contribution in [0.2, 0.25) is 0 Å². The molecule has 0 bridgehead atoms. The van der Waals surface area contributed by atoms with Crippen molar-refractivity contribution in [1.29, 1.82) is 10.8 Å². The minimum absolute atomic E-state index is 0.0538. The molecule has 17 heteroatoms. The summed E-state index contributed by atoms with van der Waals surface area (Å²) < 4.78 is 0. The van der Waals surface area contributed by atoms with E-state index >= 15 is 0 Å². The van der Waals surface area contributed by atoms with E-state index in [2.05, 4.69) is 44.1 Å². The van der Waals surface area contributed by atoms with Gasteiger partial charge in [-0.25, -0.2) is 0 Å². The van der Waals surface area contributed by atoms with Gasteiger partial charge in [0.2, 0.25) is 29.5 Å². The lowest BCUT2D eigenvalue weighted by molar-refractivity contribution is -0.134. The molecule has 0 aliphatic carbocycles. The number of rotatable bonds is 34. The number of amides is 5. The van der Waals surface area contributed by atoms with Crippen LogP contribution >= 0.6 is 0 Å². The fraction of sp³-hybridized carbons (Fsp3) is 0.596. The molecular formula is C47H77N11O6. The topological polar surface area (TPSA) is 290 Å².